The molecule has 0 atom stereocenters. The molecule has 1 amide bonds. The van der Waals surface area contributed by atoms with Crippen LogP contribution in [0.5, 0.6) is 11.5 Å². The fourth-order valence-electron chi connectivity index (χ4n) is 2.62. The van der Waals surface area contributed by atoms with Crippen molar-refractivity contribution in [3.63, 3.8) is 0 Å². The Kier molecular flexibility index (Phi) is 4.57. The van der Waals surface area contributed by atoms with Gasteiger partial charge in [-0.2, -0.15) is 0 Å². The number of nitrogens with zero attached hydrogens (tertiary/aromatic N) is 2. The molecule has 7 heteroatoms. The standard InChI is InChI=1S/C20H18N4O3/c1-13-2-5-15(6-3-13)24-19-11-21-16(10-22-19)20(25)23-9-14-4-7-17-18(8-14)27-12-26-17/h2-8,10-11H,9,12H2,1H3,(H,22,24)(H,23,25). The molecule has 3 aromatic rings. The Labute approximate surface area is 156 Å². The normalized spacial score (nSPS) is 11.9. The molecule has 0 bridgehead atoms. The summed E-state index contributed by atoms with van der Waals surface area (Å²) < 4.78 is 10.6. The van der Waals surface area contributed by atoms with Crippen LogP contribution in [0.1, 0.15) is 21.6 Å². The van der Waals surface area contributed by atoms with E-state index in [0.29, 0.717) is 23.9 Å². The maximum atomic E-state index is 12.3. The summed E-state index contributed by atoms with van der Waals surface area (Å²) in [5, 5.41) is 5.97. The Morgan fingerprint density at radius 1 is 1.04 bits per heavy atom. The van der Waals surface area contributed by atoms with Crippen LogP contribution in [-0.4, -0.2) is 22.7 Å². The van der Waals surface area contributed by atoms with Crippen LogP contribution < -0.4 is 20.1 Å². The van der Waals surface area contributed by atoms with Crippen molar-refractivity contribution in [1.29, 1.82) is 0 Å². The van der Waals surface area contributed by atoms with Crippen LogP contribution in [0.15, 0.2) is 54.9 Å². The molecule has 0 saturated heterocycles. The number of rotatable bonds is 5. The summed E-state index contributed by atoms with van der Waals surface area (Å²) in [6, 6.07) is 13.5. The summed E-state index contributed by atoms with van der Waals surface area (Å²) in [6.07, 6.45) is 2.99. The minimum absolute atomic E-state index is 0.226. The number of anilines is 2. The highest BCUT2D eigenvalue weighted by Crippen LogP contribution is 2.32. The average Bonchev–Trinajstić information content (AvgIpc) is 3.16. The molecule has 0 unspecified atom stereocenters. The molecule has 0 saturated carbocycles. The summed E-state index contributed by atoms with van der Waals surface area (Å²) >= 11 is 0. The molecule has 0 radical (unpaired) electrons. The van der Waals surface area contributed by atoms with Gasteiger partial charge in [0.05, 0.1) is 12.4 Å². The van der Waals surface area contributed by atoms with E-state index < -0.39 is 0 Å². The minimum atomic E-state index is -0.290. The molecule has 7 nitrogen and oxygen atoms in total. The molecule has 1 aliphatic rings. The predicted octanol–water partition coefficient (Wildman–Crippen LogP) is 3.19. The van der Waals surface area contributed by atoms with Crippen molar-refractivity contribution < 1.29 is 14.3 Å². The molecule has 0 fully saturated rings. The Morgan fingerprint density at radius 2 is 1.85 bits per heavy atom. The van der Waals surface area contributed by atoms with Gasteiger partial charge in [-0.05, 0) is 36.8 Å². The third-order valence-electron chi connectivity index (χ3n) is 4.10. The van der Waals surface area contributed by atoms with Crippen LogP contribution in [-0.2, 0) is 6.54 Å². The lowest BCUT2D eigenvalue weighted by Gasteiger charge is -2.08. The molecule has 1 aromatic heterocycles. The number of carbonyl (C=O) groups is 1. The highest BCUT2D eigenvalue weighted by atomic mass is 16.7. The molecule has 2 aromatic carbocycles. The summed E-state index contributed by atoms with van der Waals surface area (Å²) in [5.41, 5.74) is 3.26. The van der Waals surface area contributed by atoms with Crippen LogP contribution in [0.4, 0.5) is 11.5 Å². The van der Waals surface area contributed by atoms with Crippen LogP contribution in [0.2, 0.25) is 0 Å². The van der Waals surface area contributed by atoms with E-state index in [1.807, 2.05) is 49.4 Å². The quantitative estimate of drug-likeness (QED) is 0.725. The van der Waals surface area contributed by atoms with E-state index in [2.05, 4.69) is 20.6 Å². The van der Waals surface area contributed by atoms with Crippen LogP contribution in [0.25, 0.3) is 0 Å². The number of aromatic nitrogens is 2. The smallest absolute Gasteiger partial charge is 0.271 e. The van der Waals surface area contributed by atoms with Crippen LogP contribution >= 0.6 is 0 Å². The molecule has 2 heterocycles. The SMILES string of the molecule is Cc1ccc(Nc2cnc(C(=O)NCc3ccc4c(c3)OCO4)cn2)cc1. The van der Waals surface area contributed by atoms with Gasteiger partial charge in [0.2, 0.25) is 6.79 Å². The fourth-order valence-corrected chi connectivity index (χ4v) is 2.62. The monoisotopic (exact) mass is 362 g/mol. The molecule has 136 valence electrons. The fraction of sp³-hybridized carbons (Fsp3) is 0.150. The lowest BCUT2D eigenvalue weighted by atomic mass is 10.2. The van der Waals surface area contributed by atoms with Crippen molar-refractivity contribution in [3.8, 4) is 11.5 Å². The predicted molar refractivity (Wildman–Crippen MR) is 100 cm³/mol. The first kappa shape index (κ1) is 16.8. The number of hydrogen-bond donors (Lipinski definition) is 2. The third kappa shape index (κ3) is 3.98. The lowest BCUT2D eigenvalue weighted by Crippen LogP contribution is -2.24. The maximum absolute atomic E-state index is 12.3. The van der Waals surface area contributed by atoms with Crippen molar-refractivity contribution >= 4 is 17.4 Å². The van der Waals surface area contributed by atoms with E-state index in [9.17, 15) is 4.79 Å². The summed E-state index contributed by atoms with van der Waals surface area (Å²) in [7, 11) is 0. The van der Waals surface area contributed by atoms with E-state index in [4.69, 9.17) is 9.47 Å². The van der Waals surface area contributed by atoms with E-state index in [1.165, 1.54) is 18.0 Å². The van der Waals surface area contributed by atoms with Crippen molar-refractivity contribution in [1.82, 2.24) is 15.3 Å². The van der Waals surface area contributed by atoms with Gasteiger partial charge in [-0.3, -0.25) is 4.79 Å². The van der Waals surface area contributed by atoms with Gasteiger partial charge >= 0.3 is 0 Å². The molecular weight excluding hydrogens is 344 g/mol. The molecule has 1 aliphatic heterocycles. The Hall–Kier alpha value is -3.61. The van der Waals surface area contributed by atoms with Gasteiger partial charge in [0, 0.05) is 12.2 Å². The molecule has 4 rings (SSSR count). The topological polar surface area (TPSA) is 85.4 Å². The molecule has 0 spiro atoms. The van der Waals surface area contributed by atoms with Gasteiger partial charge in [0.1, 0.15) is 11.5 Å². The molecule has 27 heavy (non-hydrogen) atoms. The Balaban J connectivity index is 1.35. The van der Waals surface area contributed by atoms with Gasteiger partial charge in [-0.25, -0.2) is 9.97 Å². The largest absolute Gasteiger partial charge is 0.454 e. The van der Waals surface area contributed by atoms with E-state index in [1.54, 1.807) is 0 Å². The van der Waals surface area contributed by atoms with Gasteiger partial charge in [-0.15, -0.1) is 0 Å². The van der Waals surface area contributed by atoms with Crippen LogP contribution in [0, 0.1) is 6.92 Å². The first-order valence-electron chi connectivity index (χ1n) is 8.50. The van der Waals surface area contributed by atoms with Crippen molar-refractivity contribution in [2.24, 2.45) is 0 Å². The number of ether oxygens (including phenoxy) is 2. The number of nitrogens with one attached hydrogen (secondary N) is 2. The number of benzene rings is 2. The van der Waals surface area contributed by atoms with Crippen molar-refractivity contribution in [3.05, 3.63) is 71.7 Å². The van der Waals surface area contributed by atoms with E-state index >= 15 is 0 Å². The second-order valence-electron chi connectivity index (χ2n) is 6.15. The zero-order valence-electron chi connectivity index (χ0n) is 14.7. The summed E-state index contributed by atoms with van der Waals surface area (Å²) in [6.45, 7) is 2.62. The third-order valence-corrected chi connectivity index (χ3v) is 4.10. The first-order valence-corrected chi connectivity index (χ1v) is 8.50. The number of carbonyl (C=O) groups excluding carboxylic acids is 1. The van der Waals surface area contributed by atoms with Crippen molar-refractivity contribution in [2.45, 2.75) is 13.5 Å². The summed E-state index contributed by atoms with van der Waals surface area (Å²) in [4.78, 5) is 20.7. The van der Waals surface area contributed by atoms with E-state index in [0.717, 1.165) is 11.3 Å². The number of aryl methyl sites for hydroxylation is 1. The van der Waals surface area contributed by atoms with Gasteiger partial charge in [0.15, 0.2) is 11.5 Å². The second kappa shape index (κ2) is 7.33. The highest BCUT2D eigenvalue weighted by molar-refractivity contribution is 5.92. The van der Waals surface area contributed by atoms with Gasteiger partial charge in [0.25, 0.3) is 5.91 Å². The average molecular weight is 362 g/mol. The lowest BCUT2D eigenvalue weighted by molar-refractivity contribution is 0.0945. The highest BCUT2D eigenvalue weighted by Gasteiger charge is 2.14. The minimum Gasteiger partial charge on any atom is -0.454 e. The second-order valence-corrected chi connectivity index (χ2v) is 6.15. The number of fused-ring (bicyclic) bond motifs is 1. The first-order chi connectivity index (χ1) is 13.2. The van der Waals surface area contributed by atoms with E-state index in [-0.39, 0.29) is 18.4 Å². The number of hydrogen-bond acceptors (Lipinski definition) is 6. The Morgan fingerprint density at radius 3 is 2.63 bits per heavy atom. The van der Waals surface area contributed by atoms with Crippen LogP contribution in [0.3, 0.4) is 0 Å². The molecule has 0 aliphatic carbocycles. The van der Waals surface area contributed by atoms with Gasteiger partial charge < -0.3 is 20.1 Å². The van der Waals surface area contributed by atoms with Gasteiger partial charge in [-0.1, -0.05) is 23.8 Å². The summed E-state index contributed by atoms with van der Waals surface area (Å²) in [5.74, 6) is 1.69. The molecule has 2 N–H and O–H groups in total. The Bertz CT molecular complexity index is 956. The zero-order chi connectivity index (χ0) is 18.6. The molecular formula is C20H18N4O3. The van der Waals surface area contributed by atoms with Crippen molar-refractivity contribution in [2.75, 3.05) is 12.1 Å². The number of amides is 1. The zero-order valence-corrected chi connectivity index (χ0v) is 14.7. The maximum Gasteiger partial charge on any atom is 0.271 e.